The van der Waals surface area contributed by atoms with Gasteiger partial charge in [0, 0.05) is 12.1 Å². The third kappa shape index (κ3) is 8.82. The molecule has 1 saturated heterocycles. The maximum Gasteiger partial charge on any atom is 0.242 e. The van der Waals surface area contributed by atoms with Crippen LogP contribution in [0.4, 0.5) is 0 Å². The molecule has 0 aromatic heterocycles. The van der Waals surface area contributed by atoms with E-state index in [9.17, 15) is 24.9 Å². The van der Waals surface area contributed by atoms with E-state index in [-0.39, 0.29) is 13.2 Å². The number of carbonyl (C=O) groups is 2. The van der Waals surface area contributed by atoms with Gasteiger partial charge in [-0.05, 0) is 53.3 Å². The molecule has 13 N–H and O–H groups in total. The van der Waals surface area contributed by atoms with Gasteiger partial charge in [0.1, 0.15) is 41.8 Å². The monoisotopic (exact) mass is 617 g/mol. The Morgan fingerprint density at radius 2 is 1.79 bits per heavy atom. The molecular formula is C27H51N7O9. The van der Waals surface area contributed by atoms with Gasteiger partial charge in [-0.1, -0.05) is 6.92 Å². The lowest BCUT2D eigenvalue weighted by molar-refractivity contribution is -0.304. The highest BCUT2D eigenvalue weighted by atomic mass is 16.7. The lowest BCUT2D eigenvalue weighted by Gasteiger charge is -2.49. The Labute approximate surface area is 252 Å². The number of hydrogen-bond acceptors (Lipinski definition) is 14. The molecule has 1 saturated carbocycles. The number of nitrogens with two attached hydrogens (primary N) is 3. The first-order valence-electron chi connectivity index (χ1n) is 14.8. The van der Waals surface area contributed by atoms with Crippen molar-refractivity contribution in [3.63, 3.8) is 0 Å². The Morgan fingerprint density at radius 1 is 1.12 bits per heavy atom. The van der Waals surface area contributed by atoms with Crippen LogP contribution >= 0.6 is 0 Å². The number of hydrogen-bond donors (Lipinski definition) is 10. The number of likely N-dealkylation sites (N-methyl/N-ethyl adjacent to an activating group) is 2. The summed E-state index contributed by atoms with van der Waals surface area (Å²) in [6, 6.07) is -3.90. The van der Waals surface area contributed by atoms with Crippen molar-refractivity contribution in [3.05, 3.63) is 11.8 Å². The predicted octanol–water partition coefficient (Wildman–Crippen LogP) is -4.19. The van der Waals surface area contributed by atoms with Gasteiger partial charge in [0.25, 0.3) is 0 Å². The minimum Gasteiger partial charge on any atom is -0.466 e. The average Bonchev–Trinajstić information content (AvgIpc) is 2.94. The number of rotatable bonds is 12. The van der Waals surface area contributed by atoms with Crippen molar-refractivity contribution in [3.8, 4) is 0 Å². The van der Waals surface area contributed by atoms with E-state index in [1.807, 2.05) is 6.92 Å². The van der Waals surface area contributed by atoms with Crippen molar-refractivity contribution < 1.29 is 43.9 Å². The van der Waals surface area contributed by atoms with E-state index in [1.165, 1.54) is 13.8 Å². The van der Waals surface area contributed by atoms with E-state index in [0.29, 0.717) is 25.1 Å². The molecule has 3 rings (SSSR count). The first kappa shape index (κ1) is 35.5. The lowest BCUT2D eigenvalue weighted by atomic mass is 9.83. The van der Waals surface area contributed by atoms with E-state index in [2.05, 4.69) is 21.3 Å². The van der Waals surface area contributed by atoms with Crippen LogP contribution in [0.1, 0.15) is 40.5 Å². The number of nitrogens with one attached hydrogen (secondary N) is 4. The standard InChI is InChI=1S/C27H51N7O9/c1-6-32-17-9-16(30)20(18(35)21(17)43-26-19(36)22(31-5)27(4,39)11-40-26)42-25-15(29)8-7-14(41-25)10-33-24(38)13(3)34-23(37)12(2)28/h7,12-13,15-22,25-26,31-32,35-36,39H,6,8-11,28-30H2,1-5H3,(H,33,38)(H,34,37)/t12-,13-,15+,16-,17+,18+,19-,20+,21-,22+,25+,26+,27-/m0/s1. The number of ether oxygens (including phenoxy) is 4. The molecule has 13 atom stereocenters. The van der Waals surface area contributed by atoms with Crippen molar-refractivity contribution in [2.75, 3.05) is 26.7 Å². The second-order valence-corrected chi connectivity index (χ2v) is 11.8. The van der Waals surface area contributed by atoms with E-state index >= 15 is 0 Å². The van der Waals surface area contributed by atoms with Crippen LogP contribution in [0.2, 0.25) is 0 Å². The quantitative estimate of drug-likeness (QED) is 0.0996. The summed E-state index contributed by atoms with van der Waals surface area (Å²) in [7, 11) is 1.62. The Kier molecular flexibility index (Phi) is 12.7. The zero-order valence-corrected chi connectivity index (χ0v) is 25.6. The first-order chi connectivity index (χ1) is 20.2. The summed E-state index contributed by atoms with van der Waals surface area (Å²) in [6.07, 6.45) is -4.01. The van der Waals surface area contributed by atoms with Crippen LogP contribution in [-0.4, -0.2) is 133 Å². The van der Waals surface area contributed by atoms with Crippen LogP contribution < -0.4 is 38.5 Å². The summed E-state index contributed by atoms with van der Waals surface area (Å²) in [5, 5.41) is 44.4. The Bertz CT molecular complexity index is 971. The van der Waals surface area contributed by atoms with Gasteiger partial charge >= 0.3 is 0 Å². The van der Waals surface area contributed by atoms with Crippen LogP contribution in [0.3, 0.4) is 0 Å². The molecule has 3 aliphatic rings. The summed E-state index contributed by atoms with van der Waals surface area (Å²) in [6.45, 7) is 7.01. The molecule has 16 heteroatoms. The van der Waals surface area contributed by atoms with Crippen LogP contribution in [0, 0.1) is 0 Å². The Balaban J connectivity index is 1.65. The fraction of sp³-hybridized carbons (Fsp3) is 0.852. The molecule has 0 aromatic carbocycles. The van der Waals surface area contributed by atoms with Crippen LogP contribution in [0.25, 0.3) is 0 Å². The molecule has 2 heterocycles. The van der Waals surface area contributed by atoms with Crippen molar-refractivity contribution >= 4 is 11.8 Å². The van der Waals surface area contributed by atoms with Gasteiger partial charge in [-0.2, -0.15) is 0 Å². The van der Waals surface area contributed by atoms with Gasteiger partial charge < -0.3 is 72.7 Å². The number of amides is 2. The highest BCUT2D eigenvalue weighted by Crippen LogP contribution is 2.32. The summed E-state index contributed by atoms with van der Waals surface area (Å²) in [5.41, 5.74) is 17.0. The molecule has 248 valence electrons. The second-order valence-electron chi connectivity index (χ2n) is 11.8. The molecule has 1 aliphatic carbocycles. The molecule has 16 nitrogen and oxygen atoms in total. The lowest BCUT2D eigenvalue weighted by Crippen LogP contribution is -2.69. The predicted molar refractivity (Wildman–Crippen MR) is 155 cm³/mol. The molecule has 0 spiro atoms. The fourth-order valence-corrected chi connectivity index (χ4v) is 5.58. The molecule has 43 heavy (non-hydrogen) atoms. The van der Waals surface area contributed by atoms with E-state index in [1.54, 1.807) is 20.0 Å². The van der Waals surface area contributed by atoms with Crippen LogP contribution in [0.15, 0.2) is 11.8 Å². The molecule has 0 aromatic rings. The summed E-state index contributed by atoms with van der Waals surface area (Å²) in [4.78, 5) is 24.2. The topological polar surface area (TPSA) is 258 Å². The number of carbonyl (C=O) groups excluding carboxylic acids is 2. The average molecular weight is 618 g/mol. The fourth-order valence-electron chi connectivity index (χ4n) is 5.58. The second kappa shape index (κ2) is 15.4. The van der Waals surface area contributed by atoms with Gasteiger partial charge in [-0.15, -0.1) is 0 Å². The van der Waals surface area contributed by atoms with E-state index < -0.39 is 90.7 Å². The van der Waals surface area contributed by atoms with Gasteiger partial charge in [0.15, 0.2) is 6.29 Å². The molecule has 0 bridgehead atoms. The third-order valence-electron chi connectivity index (χ3n) is 8.05. The zero-order valence-electron chi connectivity index (χ0n) is 25.6. The number of aliphatic hydroxyl groups excluding tert-OH is 2. The molecular weight excluding hydrogens is 566 g/mol. The maximum atomic E-state index is 12.5. The van der Waals surface area contributed by atoms with Crippen molar-refractivity contribution in [2.24, 2.45) is 17.2 Å². The summed E-state index contributed by atoms with van der Waals surface area (Å²) in [5.74, 6) is -0.486. The summed E-state index contributed by atoms with van der Waals surface area (Å²) < 4.78 is 23.9. The zero-order chi connectivity index (χ0) is 32.1. The van der Waals surface area contributed by atoms with Crippen molar-refractivity contribution in [1.29, 1.82) is 0 Å². The first-order valence-corrected chi connectivity index (χ1v) is 14.8. The number of aliphatic hydroxyl groups is 3. The SMILES string of the molecule is CCN[C@@H]1C[C@H](N)[C@@H](O[C@H]2OC(CNC(=O)[C@H](C)NC(=O)[C@H](C)N)=CC[C@H]2N)[C@@H](O)[C@H]1O[C@H]1OC[C@](C)(O)[C@H](NC)[C@@H]1O. The summed E-state index contributed by atoms with van der Waals surface area (Å²) >= 11 is 0. The highest BCUT2D eigenvalue weighted by Gasteiger charge is 2.51. The van der Waals surface area contributed by atoms with E-state index in [4.69, 9.17) is 36.1 Å². The molecule has 2 amide bonds. The minimum atomic E-state index is -1.33. The molecule has 0 unspecified atom stereocenters. The van der Waals surface area contributed by atoms with Crippen LogP contribution in [-0.2, 0) is 28.5 Å². The van der Waals surface area contributed by atoms with Crippen molar-refractivity contribution in [1.82, 2.24) is 21.3 Å². The third-order valence-corrected chi connectivity index (χ3v) is 8.05. The highest BCUT2D eigenvalue weighted by molar-refractivity contribution is 5.89. The van der Waals surface area contributed by atoms with Gasteiger partial charge in [0.2, 0.25) is 18.1 Å². The van der Waals surface area contributed by atoms with Crippen molar-refractivity contribution in [2.45, 2.75) is 119 Å². The Hall–Kier alpha value is -1.96. The molecule has 2 fully saturated rings. The normalized spacial score (nSPS) is 39.7. The van der Waals surface area contributed by atoms with Gasteiger partial charge in [-0.3, -0.25) is 9.59 Å². The maximum absolute atomic E-state index is 12.5. The van der Waals surface area contributed by atoms with Crippen LogP contribution in [0.5, 0.6) is 0 Å². The molecule has 2 aliphatic heterocycles. The van der Waals surface area contributed by atoms with Gasteiger partial charge in [-0.25, -0.2) is 0 Å². The Morgan fingerprint density at radius 3 is 2.42 bits per heavy atom. The molecule has 0 radical (unpaired) electrons. The smallest absolute Gasteiger partial charge is 0.242 e. The van der Waals surface area contributed by atoms with Gasteiger partial charge in [0.05, 0.1) is 31.3 Å². The van der Waals surface area contributed by atoms with E-state index in [0.717, 1.165) is 0 Å². The minimum absolute atomic E-state index is 0.0185. The largest absolute Gasteiger partial charge is 0.466 e.